The topological polar surface area (TPSA) is 26.0 Å². The monoisotopic (exact) mass is 155 g/mol. The molecule has 0 aromatic heterocycles. The van der Waals surface area contributed by atoms with Gasteiger partial charge in [-0.05, 0) is 12.8 Å². The molecule has 2 saturated carbocycles. The second-order valence-corrected chi connectivity index (χ2v) is 3.81. The minimum Gasteiger partial charge on any atom is -0.328 e. The van der Waals surface area contributed by atoms with Crippen LogP contribution in [-0.4, -0.2) is 6.04 Å². The van der Waals surface area contributed by atoms with Crippen LogP contribution in [0.5, 0.6) is 0 Å². The molecular weight excluding hydrogens is 134 g/mol. The van der Waals surface area contributed by atoms with Crippen molar-refractivity contribution in [2.24, 2.45) is 5.73 Å². The Labute approximate surface area is 70.4 Å². The molecule has 2 fully saturated rings. The van der Waals surface area contributed by atoms with E-state index in [-0.39, 0.29) is 0 Å². The molecule has 2 aliphatic rings. The maximum atomic E-state index is 5.53. The summed E-state index contributed by atoms with van der Waals surface area (Å²) in [4.78, 5) is 0. The van der Waals surface area contributed by atoms with Crippen LogP contribution in [-0.2, 0) is 0 Å². The van der Waals surface area contributed by atoms with E-state index in [1.54, 1.807) is 0 Å². The van der Waals surface area contributed by atoms with Crippen LogP contribution in [0.1, 0.15) is 57.8 Å². The minimum absolute atomic E-state index is 0.546. The Morgan fingerprint density at radius 2 is 1.00 bits per heavy atom. The molecule has 0 aliphatic heterocycles. The lowest BCUT2D eigenvalue weighted by molar-refractivity contribution is 0.704. The Bertz CT molecular complexity index is 73.3. The molecule has 0 heterocycles. The third-order valence-corrected chi connectivity index (χ3v) is 2.65. The molecule has 1 heteroatoms. The summed E-state index contributed by atoms with van der Waals surface area (Å²) in [6, 6.07) is 0.546. The molecule has 0 unspecified atom stereocenters. The molecule has 0 amide bonds. The largest absolute Gasteiger partial charge is 0.328 e. The first-order valence-electron chi connectivity index (χ1n) is 5.15. The van der Waals surface area contributed by atoms with Crippen molar-refractivity contribution in [3.05, 3.63) is 0 Å². The van der Waals surface area contributed by atoms with Crippen molar-refractivity contribution in [2.45, 2.75) is 63.8 Å². The van der Waals surface area contributed by atoms with E-state index in [4.69, 9.17) is 5.73 Å². The Morgan fingerprint density at radius 3 is 1.18 bits per heavy atom. The van der Waals surface area contributed by atoms with E-state index in [0.29, 0.717) is 6.04 Å². The highest BCUT2D eigenvalue weighted by Gasteiger charge is 2.07. The summed E-state index contributed by atoms with van der Waals surface area (Å²) in [5.41, 5.74) is 5.53. The highest BCUT2D eigenvalue weighted by Crippen LogP contribution is 2.15. The molecule has 0 aromatic carbocycles. The first-order valence-corrected chi connectivity index (χ1v) is 5.15. The lowest BCUT2D eigenvalue weighted by atomic mass is 10.3. The summed E-state index contributed by atoms with van der Waals surface area (Å²) in [7, 11) is 0. The second kappa shape index (κ2) is 5.59. The van der Waals surface area contributed by atoms with Crippen LogP contribution in [0.15, 0.2) is 0 Å². The normalized spacial score (nSPS) is 24.8. The van der Waals surface area contributed by atoms with Crippen LogP contribution in [0.3, 0.4) is 0 Å². The molecule has 0 atom stereocenters. The lowest BCUT2D eigenvalue weighted by Gasteiger charge is -1.92. The molecule has 0 bridgehead atoms. The van der Waals surface area contributed by atoms with Crippen molar-refractivity contribution < 1.29 is 0 Å². The highest BCUT2D eigenvalue weighted by atomic mass is 14.6. The number of nitrogens with two attached hydrogens (primary N) is 1. The zero-order valence-electron chi connectivity index (χ0n) is 7.52. The third-order valence-electron chi connectivity index (χ3n) is 2.65. The number of hydrogen-bond acceptors (Lipinski definition) is 1. The summed E-state index contributed by atoms with van der Waals surface area (Å²) in [6.07, 6.45) is 12.8. The van der Waals surface area contributed by atoms with E-state index in [1.807, 2.05) is 0 Å². The molecule has 11 heavy (non-hydrogen) atoms. The van der Waals surface area contributed by atoms with E-state index in [1.165, 1.54) is 57.8 Å². The van der Waals surface area contributed by atoms with Crippen LogP contribution in [0, 0.1) is 0 Å². The summed E-state index contributed by atoms with van der Waals surface area (Å²) < 4.78 is 0. The van der Waals surface area contributed by atoms with Crippen molar-refractivity contribution in [1.29, 1.82) is 0 Å². The Kier molecular flexibility index (Phi) is 4.60. The maximum absolute atomic E-state index is 5.53. The smallest absolute Gasteiger partial charge is 0.00388 e. The Hall–Kier alpha value is -0.0400. The molecule has 0 saturated heterocycles. The third kappa shape index (κ3) is 4.41. The van der Waals surface area contributed by atoms with Gasteiger partial charge in [-0.3, -0.25) is 0 Å². The summed E-state index contributed by atoms with van der Waals surface area (Å²) in [5.74, 6) is 0. The predicted octanol–water partition coefficient (Wildman–Crippen LogP) is 2.84. The van der Waals surface area contributed by atoms with E-state index < -0.39 is 0 Å². The van der Waals surface area contributed by atoms with Gasteiger partial charge in [0.05, 0.1) is 0 Å². The van der Waals surface area contributed by atoms with Crippen molar-refractivity contribution in [2.75, 3.05) is 0 Å². The van der Waals surface area contributed by atoms with Crippen LogP contribution in [0.25, 0.3) is 0 Å². The maximum Gasteiger partial charge on any atom is 0.00388 e. The Balaban J connectivity index is 0.000000112. The molecule has 0 radical (unpaired) electrons. The quantitative estimate of drug-likeness (QED) is 0.572. The van der Waals surface area contributed by atoms with E-state index in [2.05, 4.69) is 0 Å². The van der Waals surface area contributed by atoms with Crippen molar-refractivity contribution >= 4 is 0 Å². The van der Waals surface area contributed by atoms with Gasteiger partial charge in [-0.15, -0.1) is 0 Å². The first kappa shape index (κ1) is 9.05. The molecule has 1 nitrogen and oxygen atoms in total. The van der Waals surface area contributed by atoms with Crippen LogP contribution < -0.4 is 5.73 Å². The van der Waals surface area contributed by atoms with Gasteiger partial charge in [0.15, 0.2) is 0 Å². The summed E-state index contributed by atoms with van der Waals surface area (Å²) >= 11 is 0. The zero-order chi connectivity index (χ0) is 7.94. The van der Waals surface area contributed by atoms with Gasteiger partial charge in [0.2, 0.25) is 0 Å². The van der Waals surface area contributed by atoms with Gasteiger partial charge in [0.1, 0.15) is 0 Å². The average Bonchev–Trinajstić information content (AvgIpc) is 2.57. The van der Waals surface area contributed by atoms with Gasteiger partial charge in [-0.25, -0.2) is 0 Å². The molecule has 0 spiro atoms. The first-order chi connectivity index (χ1) is 5.39. The molecular formula is C10H21N. The molecule has 0 aromatic rings. The second-order valence-electron chi connectivity index (χ2n) is 3.81. The number of rotatable bonds is 0. The standard InChI is InChI=1S/C5H11N.C5H10/c6-5-3-1-2-4-5;1-2-4-5-3-1/h5H,1-4,6H2;1-5H2. The predicted molar refractivity (Wildman–Crippen MR) is 49.5 cm³/mol. The van der Waals surface area contributed by atoms with Gasteiger partial charge in [0, 0.05) is 6.04 Å². The van der Waals surface area contributed by atoms with E-state index >= 15 is 0 Å². The summed E-state index contributed by atoms with van der Waals surface area (Å²) in [5, 5.41) is 0. The average molecular weight is 155 g/mol. The fourth-order valence-electron chi connectivity index (χ4n) is 1.84. The molecule has 2 rings (SSSR count). The van der Waals surface area contributed by atoms with Crippen LogP contribution in [0.2, 0.25) is 0 Å². The van der Waals surface area contributed by atoms with Gasteiger partial charge in [0.25, 0.3) is 0 Å². The highest BCUT2D eigenvalue weighted by molar-refractivity contribution is 4.67. The molecule has 2 aliphatic carbocycles. The molecule has 66 valence electrons. The van der Waals surface area contributed by atoms with Crippen LogP contribution in [0.4, 0.5) is 0 Å². The fraction of sp³-hybridized carbons (Fsp3) is 1.00. The minimum atomic E-state index is 0.546. The van der Waals surface area contributed by atoms with E-state index in [9.17, 15) is 0 Å². The van der Waals surface area contributed by atoms with Gasteiger partial charge in [-0.2, -0.15) is 0 Å². The van der Waals surface area contributed by atoms with Crippen molar-refractivity contribution in [1.82, 2.24) is 0 Å². The van der Waals surface area contributed by atoms with Gasteiger partial charge >= 0.3 is 0 Å². The van der Waals surface area contributed by atoms with Crippen molar-refractivity contribution in [3.63, 3.8) is 0 Å². The fourth-order valence-corrected chi connectivity index (χ4v) is 1.84. The summed E-state index contributed by atoms with van der Waals surface area (Å²) in [6.45, 7) is 0. The molecule has 2 N–H and O–H groups in total. The zero-order valence-corrected chi connectivity index (χ0v) is 7.52. The SMILES string of the molecule is C1CCCC1.NC1CCCC1. The Morgan fingerprint density at radius 1 is 0.636 bits per heavy atom. The lowest BCUT2D eigenvalue weighted by Crippen LogP contribution is -2.13. The van der Waals surface area contributed by atoms with Crippen molar-refractivity contribution in [3.8, 4) is 0 Å². The van der Waals surface area contributed by atoms with Crippen LogP contribution >= 0.6 is 0 Å². The number of hydrogen-bond donors (Lipinski definition) is 1. The van der Waals surface area contributed by atoms with Gasteiger partial charge < -0.3 is 5.73 Å². The van der Waals surface area contributed by atoms with E-state index in [0.717, 1.165) is 0 Å². The van der Waals surface area contributed by atoms with Gasteiger partial charge in [-0.1, -0.05) is 44.9 Å².